The maximum atomic E-state index is 13.8. The average Bonchev–Trinajstić information content (AvgIpc) is 2.88. The van der Waals surface area contributed by atoms with Crippen molar-refractivity contribution in [3.63, 3.8) is 0 Å². The van der Waals surface area contributed by atoms with Gasteiger partial charge in [0.15, 0.2) is 0 Å². The monoisotopic (exact) mass is 249 g/mol. The number of ether oxygens (including phenoxy) is 1. The average molecular weight is 249 g/mol. The standard InChI is InChI=1S/C14H16FNO2/c1-10(16-2)14-12(15)6-3-7-13(14)18-9-11-5-4-8-17-11/h3-8,10,16H,9H2,1-2H3. The van der Waals surface area contributed by atoms with E-state index in [0.717, 1.165) is 0 Å². The van der Waals surface area contributed by atoms with Crippen LogP contribution in [0.5, 0.6) is 5.75 Å². The lowest BCUT2D eigenvalue weighted by Crippen LogP contribution is -2.15. The normalized spacial score (nSPS) is 12.4. The van der Waals surface area contributed by atoms with Gasteiger partial charge < -0.3 is 14.5 Å². The minimum atomic E-state index is -0.270. The number of benzene rings is 1. The van der Waals surface area contributed by atoms with Crippen LogP contribution in [0.15, 0.2) is 41.0 Å². The molecule has 0 saturated carbocycles. The van der Waals surface area contributed by atoms with Crippen molar-refractivity contribution < 1.29 is 13.5 Å². The first-order valence-corrected chi connectivity index (χ1v) is 5.83. The van der Waals surface area contributed by atoms with Gasteiger partial charge in [-0.05, 0) is 38.2 Å². The first-order valence-electron chi connectivity index (χ1n) is 5.83. The molecule has 0 fully saturated rings. The maximum Gasteiger partial charge on any atom is 0.146 e. The van der Waals surface area contributed by atoms with E-state index in [1.54, 1.807) is 31.5 Å². The van der Waals surface area contributed by atoms with Crippen molar-refractivity contribution in [2.75, 3.05) is 7.05 Å². The van der Waals surface area contributed by atoms with Gasteiger partial charge in [0, 0.05) is 11.6 Å². The van der Waals surface area contributed by atoms with Crippen molar-refractivity contribution in [3.05, 3.63) is 53.7 Å². The summed E-state index contributed by atoms with van der Waals surface area (Å²) in [5.74, 6) is 0.976. The van der Waals surface area contributed by atoms with E-state index in [1.807, 2.05) is 13.0 Å². The SMILES string of the molecule is CNC(C)c1c(F)cccc1OCc1ccco1. The second-order valence-electron chi connectivity index (χ2n) is 4.03. The molecule has 1 aromatic heterocycles. The second-order valence-corrected chi connectivity index (χ2v) is 4.03. The summed E-state index contributed by atoms with van der Waals surface area (Å²) in [6.45, 7) is 2.18. The van der Waals surface area contributed by atoms with Crippen LogP contribution in [0.4, 0.5) is 4.39 Å². The van der Waals surface area contributed by atoms with Crippen LogP contribution in [0.2, 0.25) is 0 Å². The van der Waals surface area contributed by atoms with Crippen LogP contribution in [0, 0.1) is 5.82 Å². The highest BCUT2D eigenvalue weighted by Gasteiger charge is 2.15. The number of nitrogens with one attached hydrogen (secondary N) is 1. The second kappa shape index (κ2) is 5.69. The van der Waals surface area contributed by atoms with Gasteiger partial charge in [0.05, 0.1) is 6.26 Å². The summed E-state index contributed by atoms with van der Waals surface area (Å²) in [6.07, 6.45) is 1.58. The molecule has 2 rings (SSSR count). The smallest absolute Gasteiger partial charge is 0.146 e. The third-order valence-electron chi connectivity index (χ3n) is 2.83. The highest BCUT2D eigenvalue weighted by molar-refractivity contribution is 5.37. The van der Waals surface area contributed by atoms with E-state index in [1.165, 1.54) is 6.07 Å². The predicted octanol–water partition coefficient (Wildman–Crippen LogP) is 3.28. The molecule has 1 heterocycles. The van der Waals surface area contributed by atoms with Crippen molar-refractivity contribution in [3.8, 4) is 5.75 Å². The van der Waals surface area contributed by atoms with Gasteiger partial charge in [0.25, 0.3) is 0 Å². The van der Waals surface area contributed by atoms with E-state index < -0.39 is 0 Å². The molecule has 0 aliphatic carbocycles. The van der Waals surface area contributed by atoms with Crippen LogP contribution < -0.4 is 10.1 Å². The topological polar surface area (TPSA) is 34.4 Å². The van der Waals surface area contributed by atoms with Gasteiger partial charge >= 0.3 is 0 Å². The van der Waals surface area contributed by atoms with Gasteiger partial charge in [-0.3, -0.25) is 0 Å². The molecule has 1 N–H and O–H groups in total. The van der Waals surface area contributed by atoms with Gasteiger partial charge in [-0.15, -0.1) is 0 Å². The Kier molecular flexibility index (Phi) is 3.99. The van der Waals surface area contributed by atoms with Crippen LogP contribution in [-0.2, 0) is 6.61 Å². The molecule has 1 aromatic carbocycles. The summed E-state index contributed by atoms with van der Waals surface area (Å²) in [5, 5.41) is 3.01. The lowest BCUT2D eigenvalue weighted by Gasteiger charge is -2.16. The Labute approximate surface area is 106 Å². The van der Waals surface area contributed by atoms with Gasteiger partial charge in [0.1, 0.15) is 23.9 Å². The van der Waals surface area contributed by atoms with Crippen molar-refractivity contribution in [1.29, 1.82) is 0 Å². The fraction of sp³-hybridized carbons (Fsp3) is 0.286. The van der Waals surface area contributed by atoms with Gasteiger partial charge in [-0.1, -0.05) is 6.07 Å². The van der Waals surface area contributed by atoms with Crippen LogP contribution in [-0.4, -0.2) is 7.05 Å². The minimum absolute atomic E-state index is 0.113. The maximum absolute atomic E-state index is 13.8. The van der Waals surface area contributed by atoms with E-state index in [0.29, 0.717) is 23.7 Å². The highest BCUT2D eigenvalue weighted by Crippen LogP contribution is 2.28. The van der Waals surface area contributed by atoms with E-state index in [4.69, 9.17) is 9.15 Å². The molecule has 0 spiro atoms. The summed E-state index contributed by atoms with van der Waals surface area (Å²) in [4.78, 5) is 0. The molecule has 1 unspecified atom stereocenters. The summed E-state index contributed by atoms with van der Waals surface area (Å²) >= 11 is 0. The number of hydrogen-bond donors (Lipinski definition) is 1. The Balaban J connectivity index is 2.19. The number of halogens is 1. The van der Waals surface area contributed by atoms with Gasteiger partial charge in [-0.2, -0.15) is 0 Å². The number of hydrogen-bond acceptors (Lipinski definition) is 3. The third-order valence-corrected chi connectivity index (χ3v) is 2.83. The molecular formula is C14H16FNO2. The fourth-order valence-corrected chi connectivity index (χ4v) is 1.75. The van der Waals surface area contributed by atoms with E-state index in [-0.39, 0.29) is 11.9 Å². The molecule has 2 aromatic rings. The molecule has 4 heteroatoms. The predicted molar refractivity (Wildman–Crippen MR) is 66.9 cm³/mol. The molecule has 0 radical (unpaired) electrons. The Morgan fingerprint density at radius 3 is 2.83 bits per heavy atom. The molecule has 0 aliphatic rings. The highest BCUT2D eigenvalue weighted by atomic mass is 19.1. The van der Waals surface area contributed by atoms with Gasteiger partial charge in [-0.25, -0.2) is 4.39 Å². The molecular weight excluding hydrogens is 233 g/mol. The fourth-order valence-electron chi connectivity index (χ4n) is 1.75. The number of furan rings is 1. The number of rotatable bonds is 5. The van der Waals surface area contributed by atoms with Crippen molar-refractivity contribution in [2.45, 2.75) is 19.6 Å². The molecule has 0 amide bonds. The van der Waals surface area contributed by atoms with Crippen LogP contribution in [0.3, 0.4) is 0 Å². The molecule has 3 nitrogen and oxygen atoms in total. The van der Waals surface area contributed by atoms with Crippen molar-refractivity contribution >= 4 is 0 Å². The minimum Gasteiger partial charge on any atom is -0.485 e. The molecule has 1 atom stereocenters. The van der Waals surface area contributed by atoms with Crippen LogP contribution >= 0.6 is 0 Å². The molecule has 18 heavy (non-hydrogen) atoms. The zero-order valence-corrected chi connectivity index (χ0v) is 10.4. The Bertz CT molecular complexity index is 497. The zero-order chi connectivity index (χ0) is 13.0. The summed E-state index contributed by atoms with van der Waals surface area (Å²) in [7, 11) is 1.79. The lowest BCUT2D eigenvalue weighted by atomic mass is 10.1. The van der Waals surface area contributed by atoms with Crippen molar-refractivity contribution in [2.24, 2.45) is 0 Å². The Morgan fingerprint density at radius 1 is 1.33 bits per heavy atom. The largest absolute Gasteiger partial charge is 0.485 e. The molecule has 0 saturated heterocycles. The first-order chi connectivity index (χ1) is 8.72. The van der Waals surface area contributed by atoms with E-state index in [9.17, 15) is 4.39 Å². The lowest BCUT2D eigenvalue weighted by molar-refractivity contribution is 0.264. The Hall–Kier alpha value is -1.81. The summed E-state index contributed by atoms with van der Waals surface area (Å²) < 4.78 is 24.6. The van der Waals surface area contributed by atoms with Crippen LogP contribution in [0.1, 0.15) is 24.3 Å². The van der Waals surface area contributed by atoms with E-state index >= 15 is 0 Å². The van der Waals surface area contributed by atoms with Crippen molar-refractivity contribution in [1.82, 2.24) is 5.32 Å². The summed E-state index contributed by atoms with van der Waals surface area (Å²) in [6, 6.07) is 8.33. The molecule has 0 bridgehead atoms. The summed E-state index contributed by atoms with van der Waals surface area (Å²) in [5.41, 5.74) is 0.534. The molecule has 0 aliphatic heterocycles. The third kappa shape index (κ3) is 2.71. The Morgan fingerprint density at radius 2 is 2.17 bits per heavy atom. The quantitative estimate of drug-likeness (QED) is 0.883. The zero-order valence-electron chi connectivity index (χ0n) is 10.4. The molecule has 96 valence electrons. The first kappa shape index (κ1) is 12.6. The van der Waals surface area contributed by atoms with E-state index in [2.05, 4.69) is 5.32 Å². The van der Waals surface area contributed by atoms with Gasteiger partial charge in [0.2, 0.25) is 0 Å². The van der Waals surface area contributed by atoms with Crippen LogP contribution in [0.25, 0.3) is 0 Å².